The Morgan fingerprint density at radius 3 is 2.20 bits per heavy atom. The number of hydrogen-bond acceptors (Lipinski definition) is 1. The zero-order chi connectivity index (χ0) is 14.0. The predicted octanol–water partition coefficient (Wildman–Crippen LogP) is 4.93. The Morgan fingerprint density at radius 1 is 1.05 bits per heavy atom. The van der Waals surface area contributed by atoms with Gasteiger partial charge in [-0.25, -0.2) is 0 Å². The van der Waals surface area contributed by atoms with E-state index in [2.05, 4.69) is 36.6 Å². The first kappa shape index (κ1) is 14.4. The van der Waals surface area contributed by atoms with Crippen molar-refractivity contribution in [2.75, 3.05) is 7.05 Å². The fourth-order valence-corrected chi connectivity index (χ4v) is 4.68. The molecule has 2 saturated carbocycles. The van der Waals surface area contributed by atoms with Crippen molar-refractivity contribution in [1.29, 1.82) is 0 Å². The molecule has 1 aromatic carbocycles. The number of hydrogen-bond donors (Lipinski definition) is 1. The molecular weight excluding hydrogens is 266 g/mol. The van der Waals surface area contributed by atoms with Crippen LogP contribution in [-0.4, -0.2) is 13.1 Å². The molecule has 0 radical (unpaired) electrons. The zero-order valence-electron chi connectivity index (χ0n) is 12.5. The van der Waals surface area contributed by atoms with Crippen LogP contribution in [0.25, 0.3) is 0 Å². The molecule has 2 aliphatic carbocycles. The Morgan fingerprint density at radius 2 is 1.70 bits per heavy atom. The molecule has 2 heteroatoms. The first-order valence-electron chi connectivity index (χ1n) is 8.19. The molecule has 2 fully saturated rings. The first-order chi connectivity index (χ1) is 9.76. The standard InChI is InChI=1S/C18H26ClN/c1-20-17(14-6-3-2-4-7-14)18(12-5-13-18)15-8-10-16(19)11-9-15/h8-11,14,17,20H,2-7,12-13H2,1H3. The number of rotatable bonds is 4. The van der Waals surface area contributed by atoms with Crippen molar-refractivity contribution in [3.05, 3.63) is 34.9 Å². The van der Waals surface area contributed by atoms with Crippen LogP contribution >= 0.6 is 11.6 Å². The highest BCUT2D eigenvalue weighted by atomic mass is 35.5. The number of nitrogens with one attached hydrogen (secondary N) is 1. The molecule has 1 N–H and O–H groups in total. The second-order valence-corrected chi connectivity index (χ2v) is 7.12. The summed E-state index contributed by atoms with van der Waals surface area (Å²) in [4.78, 5) is 0. The molecule has 1 nitrogen and oxygen atoms in total. The van der Waals surface area contributed by atoms with Crippen molar-refractivity contribution in [2.45, 2.75) is 62.8 Å². The summed E-state index contributed by atoms with van der Waals surface area (Å²) in [5, 5.41) is 4.54. The number of benzene rings is 1. The molecule has 110 valence electrons. The van der Waals surface area contributed by atoms with Crippen LogP contribution < -0.4 is 5.32 Å². The summed E-state index contributed by atoms with van der Waals surface area (Å²) in [6.07, 6.45) is 11.1. The second-order valence-electron chi connectivity index (χ2n) is 6.68. The van der Waals surface area contributed by atoms with Crippen LogP contribution in [0.2, 0.25) is 5.02 Å². The monoisotopic (exact) mass is 291 g/mol. The van der Waals surface area contributed by atoms with Crippen molar-refractivity contribution in [3.63, 3.8) is 0 Å². The summed E-state index contributed by atoms with van der Waals surface area (Å²) in [6, 6.07) is 9.27. The van der Waals surface area contributed by atoms with E-state index in [0.717, 1.165) is 10.9 Å². The van der Waals surface area contributed by atoms with Gasteiger partial charge in [0.25, 0.3) is 0 Å². The summed E-state index contributed by atoms with van der Waals surface area (Å²) in [7, 11) is 2.16. The highest BCUT2D eigenvalue weighted by molar-refractivity contribution is 6.30. The maximum Gasteiger partial charge on any atom is 0.0406 e. The summed E-state index contributed by atoms with van der Waals surface area (Å²) in [6.45, 7) is 0. The molecule has 0 spiro atoms. The Hall–Kier alpha value is -0.530. The largest absolute Gasteiger partial charge is 0.316 e. The molecule has 20 heavy (non-hydrogen) atoms. The molecule has 1 atom stereocenters. The van der Waals surface area contributed by atoms with Crippen molar-refractivity contribution >= 4 is 11.6 Å². The van der Waals surface area contributed by atoms with Gasteiger partial charge in [0.1, 0.15) is 0 Å². The van der Waals surface area contributed by atoms with Crippen LogP contribution in [-0.2, 0) is 5.41 Å². The van der Waals surface area contributed by atoms with E-state index in [-0.39, 0.29) is 0 Å². The van der Waals surface area contributed by atoms with E-state index in [1.54, 1.807) is 0 Å². The van der Waals surface area contributed by atoms with E-state index in [9.17, 15) is 0 Å². The Labute approximate surface area is 128 Å². The normalized spacial score (nSPS) is 24.1. The summed E-state index contributed by atoms with van der Waals surface area (Å²) >= 11 is 6.07. The zero-order valence-corrected chi connectivity index (χ0v) is 13.3. The average Bonchev–Trinajstić information content (AvgIpc) is 2.45. The first-order valence-corrected chi connectivity index (χ1v) is 8.57. The average molecular weight is 292 g/mol. The van der Waals surface area contributed by atoms with E-state index in [1.165, 1.54) is 56.9 Å². The lowest BCUT2D eigenvalue weighted by Gasteiger charge is -2.52. The number of halogens is 1. The van der Waals surface area contributed by atoms with Crippen LogP contribution in [0.15, 0.2) is 24.3 Å². The van der Waals surface area contributed by atoms with Gasteiger partial charge in [-0.1, -0.05) is 49.4 Å². The molecule has 0 heterocycles. The van der Waals surface area contributed by atoms with Crippen molar-refractivity contribution in [3.8, 4) is 0 Å². The molecule has 0 aromatic heterocycles. The van der Waals surface area contributed by atoms with Crippen LogP contribution in [0.4, 0.5) is 0 Å². The van der Waals surface area contributed by atoms with Gasteiger partial charge in [0, 0.05) is 16.5 Å². The lowest BCUT2D eigenvalue weighted by Crippen LogP contribution is -2.55. The van der Waals surface area contributed by atoms with Gasteiger partial charge in [0.15, 0.2) is 0 Å². The van der Waals surface area contributed by atoms with Gasteiger partial charge in [-0.05, 0) is 56.3 Å². The predicted molar refractivity (Wildman–Crippen MR) is 86.4 cm³/mol. The summed E-state index contributed by atoms with van der Waals surface area (Å²) < 4.78 is 0. The van der Waals surface area contributed by atoms with Gasteiger partial charge in [0.2, 0.25) is 0 Å². The highest BCUT2D eigenvalue weighted by Gasteiger charge is 2.47. The Kier molecular flexibility index (Phi) is 4.37. The maximum atomic E-state index is 6.07. The minimum absolute atomic E-state index is 0.362. The summed E-state index contributed by atoms with van der Waals surface area (Å²) in [5.41, 5.74) is 1.86. The maximum absolute atomic E-state index is 6.07. The van der Waals surface area contributed by atoms with Crippen LogP contribution in [0.5, 0.6) is 0 Å². The third kappa shape index (κ3) is 2.51. The van der Waals surface area contributed by atoms with E-state index in [1.807, 2.05) is 0 Å². The molecule has 1 unspecified atom stereocenters. The van der Waals surface area contributed by atoms with E-state index in [4.69, 9.17) is 11.6 Å². The second kappa shape index (κ2) is 6.07. The van der Waals surface area contributed by atoms with Gasteiger partial charge in [0.05, 0.1) is 0 Å². The van der Waals surface area contributed by atoms with Crippen LogP contribution in [0, 0.1) is 5.92 Å². The SMILES string of the molecule is CNC(C1CCCCC1)C1(c2ccc(Cl)cc2)CCC1. The molecule has 1 aromatic rings. The van der Waals surface area contributed by atoms with Crippen molar-refractivity contribution in [2.24, 2.45) is 5.92 Å². The fourth-order valence-electron chi connectivity index (χ4n) is 4.55. The van der Waals surface area contributed by atoms with Gasteiger partial charge < -0.3 is 5.32 Å². The van der Waals surface area contributed by atoms with Crippen LogP contribution in [0.1, 0.15) is 56.9 Å². The fraction of sp³-hybridized carbons (Fsp3) is 0.667. The smallest absolute Gasteiger partial charge is 0.0406 e. The van der Waals surface area contributed by atoms with E-state index < -0.39 is 0 Å². The van der Waals surface area contributed by atoms with Gasteiger partial charge in [-0.3, -0.25) is 0 Å². The van der Waals surface area contributed by atoms with Crippen molar-refractivity contribution < 1.29 is 0 Å². The molecule has 3 rings (SSSR count). The Balaban J connectivity index is 1.87. The van der Waals surface area contributed by atoms with E-state index >= 15 is 0 Å². The van der Waals surface area contributed by atoms with Crippen molar-refractivity contribution in [1.82, 2.24) is 5.32 Å². The minimum atomic E-state index is 0.362. The topological polar surface area (TPSA) is 12.0 Å². The molecule has 0 saturated heterocycles. The minimum Gasteiger partial charge on any atom is -0.316 e. The lowest BCUT2D eigenvalue weighted by atomic mass is 9.56. The van der Waals surface area contributed by atoms with Gasteiger partial charge in [-0.15, -0.1) is 0 Å². The third-order valence-corrected chi connectivity index (χ3v) is 5.94. The Bertz CT molecular complexity index is 429. The molecular formula is C18H26ClN. The molecule has 0 amide bonds. The molecule has 0 aliphatic heterocycles. The molecule has 2 aliphatic rings. The molecule has 0 bridgehead atoms. The number of likely N-dealkylation sites (N-methyl/N-ethyl adjacent to an activating group) is 1. The van der Waals surface area contributed by atoms with Crippen LogP contribution in [0.3, 0.4) is 0 Å². The lowest BCUT2D eigenvalue weighted by molar-refractivity contribution is 0.111. The van der Waals surface area contributed by atoms with E-state index in [0.29, 0.717) is 11.5 Å². The quantitative estimate of drug-likeness (QED) is 0.829. The third-order valence-electron chi connectivity index (χ3n) is 5.69. The highest BCUT2D eigenvalue weighted by Crippen LogP contribution is 2.50. The van der Waals surface area contributed by atoms with Gasteiger partial charge >= 0.3 is 0 Å². The van der Waals surface area contributed by atoms with Gasteiger partial charge in [-0.2, -0.15) is 0 Å². The summed E-state index contributed by atoms with van der Waals surface area (Å²) in [5.74, 6) is 0.852.